The first-order chi connectivity index (χ1) is 10.1. The highest BCUT2D eigenvalue weighted by molar-refractivity contribution is 4.91. The van der Waals surface area contributed by atoms with Gasteiger partial charge in [-0.1, -0.05) is 96.9 Å². The SMILES string of the molecule is CC(C)(CCC(C)(C)C(C)(C)C)CC(C)(C)CC(C)(C)C(C)(C)C. The predicted octanol–water partition coefficient (Wildman–Crippen LogP) is 8.74. The summed E-state index contributed by atoms with van der Waals surface area (Å²) < 4.78 is 0. The van der Waals surface area contributed by atoms with Crippen LogP contribution in [0.1, 0.15) is 123 Å². The van der Waals surface area contributed by atoms with Gasteiger partial charge in [-0.3, -0.25) is 0 Å². The van der Waals surface area contributed by atoms with Crippen LogP contribution in [0.3, 0.4) is 0 Å². The van der Waals surface area contributed by atoms with Gasteiger partial charge in [0.05, 0.1) is 0 Å². The molecule has 24 heavy (non-hydrogen) atoms. The zero-order valence-electron chi connectivity index (χ0n) is 19.8. The molecule has 0 bridgehead atoms. The molecule has 0 aromatic rings. The predicted molar refractivity (Wildman–Crippen MR) is 113 cm³/mol. The van der Waals surface area contributed by atoms with Crippen LogP contribution in [0.2, 0.25) is 0 Å². The fourth-order valence-electron chi connectivity index (χ4n) is 3.93. The smallest absolute Gasteiger partial charge is 0.0300 e. The fourth-order valence-corrected chi connectivity index (χ4v) is 3.93. The van der Waals surface area contributed by atoms with Gasteiger partial charge in [0.2, 0.25) is 0 Å². The van der Waals surface area contributed by atoms with Crippen molar-refractivity contribution in [1.82, 2.24) is 0 Å². The Morgan fingerprint density at radius 1 is 0.375 bits per heavy atom. The molecule has 146 valence electrons. The Balaban J connectivity index is 4.97. The van der Waals surface area contributed by atoms with Gasteiger partial charge in [-0.2, -0.15) is 0 Å². The molecule has 0 nitrogen and oxygen atoms in total. The summed E-state index contributed by atoms with van der Waals surface area (Å²) in [6.45, 7) is 34.0. The second-order valence-electron chi connectivity index (χ2n) is 13.4. The van der Waals surface area contributed by atoms with Crippen molar-refractivity contribution < 1.29 is 0 Å². The third-order valence-corrected chi connectivity index (χ3v) is 7.37. The largest absolute Gasteiger partial charge is 0.0599 e. The van der Waals surface area contributed by atoms with Crippen molar-refractivity contribution in [2.24, 2.45) is 32.5 Å². The topological polar surface area (TPSA) is 0 Å². The average molecular weight is 339 g/mol. The molecular formula is C24H50. The van der Waals surface area contributed by atoms with Crippen LogP contribution in [0.4, 0.5) is 0 Å². The molecule has 0 aliphatic rings. The first-order valence-electron chi connectivity index (χ1n) is 10.1. The van der Waals surface area contributed by atoms with Crippen LogP contribution >= 0.6 is 0 Å². The summed E-state index contributed by atoms with van der Waals surface area (Å²) in [7, 11) is 0. The Hall–Kier alpha value is 0. The summed E-state index contributed by atoms with van der Waals surface area (Å²) in [5.74, 6) is 0. The molecule has 0 spiro atoms. The second kappa shape index (κ2) is 6.96. The lowest BCUT2D eigenvalue weighted by Gasteiger charge is -2.47. The Bertz CT molecular complexity index is 391. The summed E-state index contributed by atoms with van der Waals surface area (Å²) in [6.07, 6.45) is 5.22. The highest BCUT2D eigenvalue weighted by atomic mass is 14.5. The van der Waals surface area contributed by atoms with Crippen molar-refractivity contribution in [3.05, 3.63) is 0 Å². The van der Waals surface area contributed by atoms with Gasteiger partial charge in [0.25, 0.3) is 0 Å². The molecule has 0 heterocycles. The Kier molecular flexibility index (Phi) is 6.96. The van der Waals surface area contributed by atoms with Gasteiger partial charge in [-0.25, -0.2) is 0 Å². The van der Waals surface area contributed by atoms with Gasteiger partial charge in [-0.05, 0) is 58.2 Å². The summed E-state index contributed by atoms with van der Waals surface area (Å²) in [5.41, 5.74) is 2.25. The average Bonchev–Trinajstić information content (AvgIpc) is 2.20. The van der Waals surface area contributed by atoms with Crippen molar-refractivity contribution in [2.45, 2.75) is 123 Å². The zero-order valence-corrected chi connectivity index (χ0v) is 19.8. The molecule has 0 heteroatoms. The molecule has 0 aromatic heterocycles. The van der Waals surface area contributed by atoms with E-state index in [1.807, 2.05) is 0 Å². The van der Waals surface area contributed by atoms with Crippen LogP contribution in [0.15, 0.2) is 0 Å². The van der Waals surface area contributed by atoms with Crippen LogP contribution in [0, 0.1) is 32.5 Å². The van der Waals surface area contributed by atoms with Crippen molar-refractivity contribution in [2.75, 3.05) is 0 Å². The van der Waals surface area contributed by atoms with Crippen LogP contribution in [0.5, 0.6) is 0 Å². The van der Waals surface area contributed by atoms with Crippen LogP contribution in [-0.2, 0) is 0 Å². The lowest BCUT2D eigenvalue weighted by Crippen LogP contribution is -2.37. The Labute approximate surface area is 155 Å². The van der Waals surface area contributed by atoms with Crippen molar-refractivity contribution in [1.29, 1.82) is 0 Å². The van der Waals surface area contributed by atoms with Gasteiger partial charge < -0.3 is 0 Å². The van der Waals surface area contributed by atoms with E-state index in [1.165, 1.54) is 25.7 Å². The molecule has 0 amide bonds. The highest BCUT2D eigenvalue weighted by Gasteiger charge is 2.40. The maximum Gasteiger partial charge on any atom is -0.0300 e. The summed E-state index contributed by atoms with van der Waals surface area (Å²) in [5, 5.41) is 0. The Morgan fingerprint density at radius 2 is 0.750 bits per heavy atom. The van der Waals surface area contributed by atoms with E-state index in [1.54, 1.807) is 0 Å². The minimum Gasteiger partial charge on any atom is -0.0599 e. The van der Waals surface area contributed by atoms with E-state index in [0.29, 0.717) is 32.5 Å². The van der Waals surface area contributed by atoms with E-state index in [2.05, 4.69) is 96.9 Å². The minimum atomic E-state index is 0.350. The molecule has 0 aliphatic heterocycles. The highest BCUT2D eigenvalue weighted by Crippen LogP contribution is 2.51. The molecule has 0 N–H and O–H groups in total. The van der Waals surface area contributed by atoms with Crippen LogP contribution in [-0.4, -0.2) is 0 Å². The molecule has 0 radical (unpaired) electrons. The molecular weight excluding hydrogens is 288 g/mol. The van der Waals surface area contributed by atoms with E-state index in [4.69, 9.17) is 0 Å². The van der Waals surface area contributed by atoms with Gasteiger partial charge in [-0.15, -0.1) is 0 Å². The van der Waals surface area contributed by atoms with Gasteiger partial charge in [0.1, 0.15) is 0 Å². The number of rotatable bonds is 7. The summed E-state index contributed by atoms with van der Waals surface area (Å²) >= 11 is 0. The maximum absolute atomic E-state index is 2.48. The lowest BCUT2D eigenvalue weighted by molar-refractivity contribution is 0.0353. The number of hydrogen-bond donors (Lipinski definition) is 0. The first kappa shape index (κ1) is 24.0. The molecule has 0 rings (SSSR count). The van der Waals surface area contributed by atoms with E-state index in [0.717, 1.165) is 0 Å². The Morgan fingerprint density at radius 3 is 1.08 bits per heavy atom. The summed E-state index contributed by atoms with van der Waals surface area (Å²) in [4.78, 5) is 0. The van der Waals surface area contributed by atoms with Crippen molar-refractivity contribution in [3.8, 4) is 0 Å². The van der Waals surface area contributed by atoms with E-state index in [-0.39, 0.29) is 0 Å². The van der Waals surface area contributed by atoms with Gasteiger partial charge in [0.15, 0.2) is 0 Å². The quantitative estimate of drug-likeness (QED) is 0.435. The normalized spacial score (nSPS) is 15.8. The molecule has 0 aliphatic carbocycles. The second-order valence-corrected chi connectivity index (χ2v) is 13.4. The van der Waals surface area contributed by atoms with Crippen molar-refractivity contribution in [3.63, 3.8) is 0 Å². The lowest BCUT2D eigenvalue weighted by atomic mass is 9.58. The van der Waals surface area contributed by atoms with E-state index in [9.17, 15) is 0 Å². The maximum atomic E-state index is 2.48. The zero-order chi connectivity index (χ0) is 19.8. The van der Waals surface area contributed by atoms with Crippen LogP contribution < -0.4 is 0 Å². The van der Waals surface area contributed by atoms with Gasteiger partial charge >= 0.3 is 0 Å². The molecule has 0 unspecified atom stereocenters. The standard InChI is InChI=1S/C24H50/c1-19(2,3)23(11,12)16-15-21(7,8)17-22(9,10)18-24(13,14)20(4,5)6/h15-18H2,1-14H3. The van der Waals surface area contributed by atoms with Gasteiger partial charge in [0, 0.05) is 0 Å². The monoisotopic (exact) mass is 338 g/mol. The summed E-state index contributed by atoms with van der Waals surface area (Å²) in [6, 6.07) is 0. The van der Waals surface area contributed by atoms with E-state index >= 15 is 0 Å². The number of hydrogen-bond acceptors (Lipinski definition) is 0. The van der Waals surface area contributed by atoms with E-state index < -0.39 is 0 Å². The fraction of sp³-hybridized carbons (Fsp3) is 1.00. The minimum absolute atomic E-state index is 0.350. The van der Waals surface area contributed by atoms with Crippen molar-refractivity contribution >= 4 is 0 Å². The molecule has 0 fully saturated rings. The third-order valence-electron chi connectivity index (χ3n) is 7.37. The molecule has 0 saturated heterocycles. The first-order valence-corrected chi connectivity index (χ1v) is 10.1. The molecule has 0 saturated carbocycles. The molecule has 0 atom stereocenters. The van der Waals surface area contributed by atoms with Crippen LogP contribution in [0.25, 0.3) is 0 Å². The third kappa shape index (κ3) is 7.09. The molecule has 0 aromatic carbocycles.